The monoisotopic (exact) mass is 172 g/mol. The molecule has 2 aliphatic heterocycles. The molecule has 0 spiro atoms. The van der Waals surface area contributed by atoms with Gasteiger partial charge in [0.1, 0.15) is 0 Å². The largest absolute Gasteiger partial charge is 0.379 e. The van der Waals surface area contributed by atoms with E-state index in [4.69, 9.17) is 15.2 Å². The summed E-state index contributed by atoms with van der Waals surface area (Å²) in [5, 5.41) is 0. The number of hydrogen-bond donors (Lipinski definition) is 1. The highest BCUT2D eigenvalue weighted by Crippen LogP contribution is 2.12. The highest BCUT2D eigenvalue weighted by Gasteiger charge is 2.30. The van der Waals surface area contributed by atoms with Crippen molar-refractivity contribution < 1.29 is 9.47 Å². The van der Waals surface area contributed by atoms with Gasteiger partial charge in [-0.15, -0.1) is 0 Å². The zero-order chi connectivity index (χ0) is 8.39. The van der Waals surface area contributed by atoms with E-state index < -0.39 is 0 Å². The zero-order valence-electron chi connectivity index (χ0n) is 7.24. The van der Waals surface area contributed by atoms with E-state index in [9.17, 15) is 0 Å². The first kappa shape index (κ1) is 8.44. The molecular weight excluding hydrogens is 156 g/mol. The summed E-state index contributed by atoms with van der Waals surface area (Å²) in [6.45, 7) is 5.18. The van der Waals surface area contributed by atoms with Crippen LogP contribution in [0.2, 0.25) is 0 Å². The molecule has 0 unspecified atom stereocenters. The molecule has 0 saturated carbocycles. The Kier molecular flexibility index (Phi) is 2.60. The topological polar surface area (TPSA) is 47.7 Å². The summed E-state index contributed by atoms with van der Waals surface area (Å²) in [6.07, 6.45) is 0. The van der Waals surface area contributed by atoms with Gasteiger partial charge in [-0.05, 0) is 0 Å². The third-order valence-corrected chi connectivity index (χ3v) is 2.61. The number of rotatable bonds is 1. The molecule has 0 aromatic carbocycles. The smallest absolute Gasteiger partial charge is 0.0638 e. The molecule has 0 amide bonds. The lowest BCUT2D eigenvalue weighted by Gasteiger charge is -2.33. The fourth-order valence-corrected chi connectivity index (χ4v) is 1.84. The number of nitrogens with two attached hydrogens (primary N) is 1. The average molecular weight is 172 g/mol. The predicted octanol–water partition coefficient (Wildman–Crippen LogP) is -0.955. The summed E-state index contributed by atoms with van der Waals surface area (Å²) < 4.78 is 10.6. The van der Waals surface area contributed by atoms with E-state index in [1.807, 2.05) is 0 Å². The van der Waals surface area contributed by atoms with Crippen molar-refractivity contribution >= 4 is 0 Å². The van der Waals surface area contributed by atoms with E-state index >= 15 is 0 Å². The molecule has 2 N–H and O–H groups in total. The van der Waals surface area contributed by atoms with Crippen molar-refractivity contribution in [3.05, 3.63) is 0 Å². The van der Waals surface area contributed by atoms with Crippen LogP contribution in [-0.2, 0) is 9.47 Å². The quantitative estimate of drug-likeness (QED) is 0.553. The van der Waals surface area contributed by atoms with Gasteiger partial charge in [-0.3, -0.25) is 4.90 Å². The van der Waals surface area contributed by atoms with Crippen molar-refractivity contribution in [1.82, 2.24) is 4.90 Å². The maximum atomic E-state index is 5.90. The second kappa shape index (κ2) is 3.70. The molecule has 2 atom stereocenters. The average Bonchev–Trinajstić information content (AvgIpc) is 2.53. The summed E-state index contributed by atoms with van der Waals surface area (Å²) in [6, 6.07) is 0.622. The van der Waals surface area contributed by atoms with Gasteiger partial charge >= 0.3 is 0 Å². The van der Waals surface area contributed by atoms with Crippen LogP contribution in [0.15, 0.2) is 0 Å². The van der Waals surface area contributed by atoms with Crippen LogP contribution in [0.4, 0.5) is 0 Å². The summed E-state index contributed by atoms with van der Waals surface area (Å²) in [4.78, 5) is 2.38. The fraction of sp³-hybridized carbons (Fsp3) is 1.00. The molecule has 4 heteroatoms. The number of nitrogens with zero attached hydrogens (tertiary/aromatic N) is 1. The van der Waals surface area contributed by atoms with E-state index in [1.54, 1.807) is 0 Å². The SMILES string of the molecule is N[C@H]1COC[C@@H]1N1CCOCC1. The Balaban J connectivity index is 1.89. The van der Waals surface area contributed by atoms with Gasteiger partial charge in [-0.1, -0.05) is 0 Å². The van der Waals surface area contributed by atoms with Crippen LogP contribution in [0.3, 0.4) is 0 Å². The lowest BCUT2D eigenvalue weighted by Crippen LogP contribution is -2.51. The highest BCUT2D eigenvalue weighted by molar-refractivity contribution is 4.87. The molecule has 2 aliphatic rings. The zero-order valence-corrected chi connectivity index (χ0v) is 7.24. The molecule has 2 heterocycles. The molecule has 0 aromatic heterocycles. The van der Waals surface area contributed by atoms with Crippen LogP contribution in [0.25, 0.3) is 0 Å². The molecule has 2 rings (SSSR count). The summed E-state index contributed by atoms with van der Waals surface area (Å²) >= 11 is 0. The molecule has 12 heavy (non-hydrogen) atoms. The molecule has 0 aliphatic carbocycles. The van der Waals surface area contributed by atoms with Crippen LogP contribution in [0.5, 0.6) is 0 Å². The van der Waals surface area contributed by atoms with Crippen LogP contribution < -0.4 is 5.73 Å². The molecule has 2 fully saturated rings. The third-order valence-electron chi connectivity index (χ3n) is 2.61. The highest BCUT2D eigenvalue weighted by atomic mass is 16.5. The Morgan fingerprint density at radius 3 is 2.42 bits per heavy atom. The number of ether oxygens (including phenoxy) is 2. The first-order valence-corrected chi connectivity index (χ1v) is 4.53. The molecule has 4 nitrogen and oxygen atoms in total. The van der Waals surface area contributed by atoms with Gasteiger partial charge < -0.3 is 15.2 Å². The lowest BCUT2D eigenvalue weighted by atomic mass is 10.1. The van der Waals surface area contributed by atoms with Gasteiger partial charge in [0, 0.05) is 19.1 Å². The Bertz CT molecular complexity index is 148. The van der Waals surface area contributed by atoms with Gasteiger partial charge in [0.05, 0.1) is 32.5 Å². The van der Waals surface area contributed by atoms with Crippen LogP contribution in [0, 0.1) is 0 Å². The van der Waals surface area contributed by atoms with Crippen LogP contribution in [-0.4, -0.2) is 56.5 Å². The van der Waals surface area contributed by atoms with Crippen molar-refractivity contribution in [3.63, 3.8) is 0 Å². The summed E-state index contributed by atoms with van der Waals surface area (Å²) in [5.74, 6) is 0. The minimum atomic E-state index is 0.197. The Hall–Kier alpha value is -0.160. The van der Waals surface area contributed by atoms with E-state index in [1.165, 1.54) is 0 Å². The van der Waals surface area contributed by atoms with Crippen molar-refractivity contribution in [3.8, 4) is 0 Å². The lowest BCUT2D eigenvalue weighted by molar-refractivity contribution is 0.0123. The maximum absolute atomic E-state index is 5.90. The van der Waals surface area contributed by atoms with Crippen molar-refractivity contribution in [2.75, 3.05) is 39.5 Å². The maximum Gasteiger partial charge on any atom is 0.0638 e. The summed E-state index contributed by atoms with van der Waals surface area (Å²) in [7, 11) is 0. The third kappa shape index (κ3) is 1.61. The van der Waals surface area contributed by atoms with E-state index in [-0.39, 0.29) is 6.04 Å². The first-order chi connectivity index (χ1) is 5.88. The second-order valence-corrected chi connectivity index (χ2v) is 3.42. The van der Waals surface area contributed by atoms with E-state index in [0.29, 0.717) is 12.6 Å². The van der Waals surface area contributed by atoms with E-state index in [2.05, 4.69) is 4.90 Å². The first-order valence-electron chi connectivity index (χ1n) is 4.53. The van der Waals surface area contributed by atoms with Crippen LogP contribution in [0.1, 0.15) is 0 Å². The fourth-order valence-electron chi connectivity index (χ4n) is 1.84. The van der Waals surface area contributed by atoms with Crippen molar-refractivity contribution in [2.45, 2.75) is 12.1 Å². The minimum Gasteiger partial charge on any atom is -0.379 e. The van der Waals surface area contributed by atoms with Gasteiger partial charge in [0.2, 0.25) is 0 Å². The Morgan fingerprint density at radius 2 is 1.83 bits per heavy atom. The predicted molar refractivity (Wildman–Crippen MR) is 45.0 cm³/mol. The van der Waals surface area contributed by atoms with Crippen molar-refractivity contribution in [2.24, 2.45) is 5.73 Å². The van der Waals surface area contributed by atoms with E-state index in [0.717, 1.165) is 32.9 Å². The normalized spacial score (nSPS) is 38.8. The molecular formula is C8H16N2O2. The Labute approximate surface area is 72.6 Å². The van der Waals surface area contributed by atoms with Gasteiger partial charge in [0.25, 0.3) is 0 Å². The molecule has 0 bridgehead atoms. The van der Waals surface area contributed by atoms with Gasteiger partial charge in [-0.2, -0.15) is 0 Å². The standard InChI is InChI=1S/C8H16N2O2/c9-7-5-12-6-8(7)10-1-3-11-4-2-10/h7-8H,1-6,9H2/t7-,8-/m0/s1. The molecule has 0 aromatic rings. The number of morpholine rings is 1. The second-order valence-electron chi connectivity index (χ2n) is 3.42. The van der Waals surface area contributed by atoms with Gasteiger partial charge in [-0.25, -0.2) is 0 Å². The molecule has 2 saturated heterocycles. The van der Waals surface area contributed by atoms with Crippen LogP contribution >= 0.6 is 0 Å². The van der Waals surface area contributed by atoms with Crippen molar-refractivity contribution in [1.29, 1.82) is 0 Å². The molecule has 0 radical (unpaired) electrons. The summed E-state index contributed by atoms with van der Waals surface area (Å²) in [5.41, 5.74) is 5.90. The number of hydrogen-bond acceptors (Lipinski definition) is 4. The molecule has 70 valence electrons. The van der Waals surface area contributed by atoms with Gasteiger partial charge in [0.15, 0.2) is 0 Å². The Morgan fingerprint density at radius 1 is 1.08 bits per heavy atom. The minimum absolute atomic E-state index is 0.197.